The number of aryl methyl sites for hydroxylation is 1. The molecule has 2 N–H and O–H groups in total. The van der Waals surface area contributed by atoms with E-state index < -0.39 is 0 Å². The Morgan fingerprint density at radius 2 is 1.86 bits per heavy atom. The lowest BCUT2D eigenvalue weighted by atomic mass is 10.1. The van der Waals surface area contributed by atoms with Crippen molar-refractivity contribution in [2.45, 2.75) is 6.92 Å². The van der Waals surface area contributed by atoms with Gasteiger partial charge in [0.05, 0.1) is 12.7 Å². The highest BCUT2D eigenvalue weighted by molar-refractivity contribution is 6.04. The predicted octanol–water partition coefficient (Wildman–Crippen LogP) is 4.77. The lowest BCUT2D eigenvalue weighted by Crippen LogP contribution is -2.11. The minimum Gasteiger partial charge on any atom is -0.507 e. The Bertz CT molecular complexity index is 1160. The number of hydrogen-bond acceptors (Lipinski definition) is 5. The lowest BCUT2D eigenvalue weighted by Gasteiger charge is -2.08. The van der Waals surface area contributed by atoms with Crippen LogP contribution in [0.2, 0.25) is 0 Å². The first kappa shape index (κ1) is 17.6. The number of anilines is 1. The van der Waals surface area contributed by atoms with Crippen LogP contribution in [0.15, 0.2) is 65.1 Å². The van der Waals surface area contributed by atoms with Gasteiger partial charge in [0.15, 0.2) is 5.58 Å². The van der Waals surface area contributed by atoms with Crippen molar-refractivity contribution in [1.29, 1.82) is 0 Å². The first-order chi connectivity index (χ1) is 13.5. The number of phenols is 1. The van der Waals surface area contributed by atoms with Gasteiger partial charge in [-0.2, -0.15) is 0 Å². The fraction of sp³-hybridized carbons (Fsp3) is 0.0909. The summed E-state index contributed by atoms with van der Waals surface area (Å²) < 4.78 is 10.9. The average molecular weight is 374 g/mol. The second-order valence-corrected chi connectivity index (χ2v) is 6.40. The fourth-order valence-electron chi connectivity index (χ4n) is 2.88. The van der Waals surface area contributed by atoms with Crippen molar-refractivity contribution in [2.24, 2.45) is 0 Å². The first-order valence-corrected chi connectivity index (χ1v) is 8.69. The van der Waals surface area contributed by atoms with E-state index in [4.69, 9.17) is 9.15 Å². The monoisotopic (exact) mass is 374 g/mol. The van der Waals surface area contributed by atoms with Crippen LogP contribution in [0.25, 0.3) is 22.6 Å². The molecule has 0 spiro atoms. The molecule has 0 aliphatic heterocycles. The second-order valence-electron chi connectivity index (χ2n) is 6.40. The van der Waals surface area contributed by atoms with Gasteiger partial charge < -0.3 is 19.6 Å². The number of nitrogens with zero attached hydrogens (tertiary/aromatic N) is 1. The maximum absolute atomic E-state index is 12.5. The van der Waals surface area contributed by atoms with Gasteiger partial charge in [-0.05, 0) is 67.1 Å². The molecule has 0 saturated carbocycles. The van der Waals surface area contributed by atoms with Crippen LogP contribution < -0.4 is 10.1 Å². The Kier molecular flexibility index (Phi) is 4.45. The van der Waals surface area contributed by atoms with Gasteiger partial charge in [0.25, 0.3) is 5.91 Å². The van der Waals surface area contributed by atoms with Crippen molar-refractivity contribution in [3.8, 4) is 23.0 Å². The van der Waals surface area contributed by atoms with Gasteiger partial charge in [-0.25, -0.2) is 4.98 Å². The van der Waals surface area contributed by atoms with Crippen LogP contribution in [0.4, 0.5) is 5.69 Å². The summed E-state index contributed by atoms with van der Waals surface area (Å²) in [7, 11) is 1.57. The Hall–Kier alpha value is -3.80. The van der Waals surface area contributed by atoms with E-state index in [1.54, 1.807) is 43.5 Å². The van der Waals surface area contributed by atoms with E-state index >= 15 is 0 Å². The molecule has 0 aliphatic rings. The molecular formula is C22H18N2O4. The summed E-state index contributed by atoms with van der Waals surface area (Å²) in [6, 6.07) is 17.2. The maximum Gasteiger partial charge on any atom is 0.255 e. The van der Waals surface area contributed by atoms with E-state index in [1.807, 2.05) is 25.1 Å². The van der Waals surface area contributed by atoms with Crippen LogP contribution >= 0.6 is 0 Å². The van der Waals surface area contributed by atoms with E-state index in [-0.39, 0.29) is 11.7 Å². The van der Waals surface area contributed by atoms with E-state index in [9.17, 15) is 9.90 Å². The number of nitrogens with one attached hydrogen (secondary N) is 1. The van der Waals surface area contributed by atoms with Crippen molar-refractivity contribution in [3.63, 3.8) is 0 Å². The Morgan fingerprint density at radius 3 is 2.61 bits per heavy atom. The normalized spacial score (nSPS) is 10.8. The van der Waals surface area contributed by atoms with Crippen molar-refractivity contribution < 1.29 is 19.1 Å². The second kappa shape index (κ2) is 7.08. The summed E-state index contributed by atoms with van der Waals surface area (Å²) in [5.41, 5.74) is 3.83. The molecule has 1 amide bonds. The number of aromatic nitrogens is 1. The van der Waals surface area contributed by atoms with Gasteiger partial charge in [-0.1, -0.05) is 6.07 Å². The zero-order chi connectivity index (χ0) is 19.7. The molecule has 0 saturated heterocycles. The molecule has 4 rings (SSSR count). The largest absolute Gasteiger partial charge is 0.507 e. The van der Waals surface area contributed by atoms with E-state index in [2.05, 4.69) is 10.3 Å². The molecule has 3 aromatic carbocycles. The summed E-state index contributed by atoms with van der Waals surface area (Å²) in [5.74, 6) is 0.714. The zero-order valence-electron chi connectivity index (χ0n) is 15.4. The molecule has 0 bridgehead atoms. The molecule has 140 valence electrons. The molecule has 0 radical (unpaired) electrons. The molecule has 0 fully saturated rings. The quantitative estimate of drug-likeness (QED) is 0.503. The molecular weight excluding hydrogens is 356 g/mol. The number of benzene rings is 3. The van der Waals surface area contributed by atoms with Crippen LogP contribution in [0.3, 0.4) is 0 Å². The maximum atomic E-state index is 12.5. The topological polar surface area (TPSA) is 84.6 Å². The molecule has 6 heteroatoms. The number of phenolic OH excluding ortho intramolecular Hbond substituents is 1. The van der Waals surface area contributed by atoms with Crippen molar-refractivity contribution >= 4 is 22.7 Å². The predicted molar refractivity (Wildman–Crippen MR) is 107 cm³/mol. The van der Waals surface area contributed by atoms with Gasteiger partial charge in [0, 0.05) is 11.3 Å². The Morgan fingerprint density at radius 1 is 1.07 bits per heavy atom. The van der Waals surface area contributed by atoms with Crippen LogP contribution in [0.5, 0.6) is 11.5 Å². The number of fused-ring (bicyclic) bond motifs is 1. The van der Waals surface area contributed by atoms with Crippen molar-refractivity contribution in [2.75, 3.05) is 12.4 Å². The van der Waals surface area contributed by atoms with Gasteiger partial charge in [-0.3, -0.25) is 4.79 Å². The smallest absolute Gasteiger partial charge is 0.255 e. The third kappa shape index (κ3) is 3.40. The number of oxazole rings is 1. The van der Waals surface area contributed by atoms with Gasteiger partial charge in [-0.15, -0.1) is 0 Å². The summed E-state index contributed by atoms with van der Waals surface area (Å²) in [4.78, 5) is 16.9. The molecule has 0 unspecified atom stereocenters. The number of carbonyl (C=O) groups excluding carboxylic acids is 1. The van der Waals surface area contributed by atoms with Crippen LogP contribution in [-0.2, 0) is 0 Å². The number of ether oxygens (including phenoxy) is 1. The number of aromatic hydroxyl groups is 1. The van der Waals surface area contributed by atoms with E-state index in [0.29, 0.717) is 39.6 Å². The van der Waals surface area contributed by atoms with Crippen molar-refractivity contribution in [1.82, 2.24) is 4.98 Å². The fourth-order valence-corrected chi connectivity index (χ4v) is 2.88. The summed E-state index contributed by atoms with van der Waals surface area (Å²) >= 11 is 0. The minimum absolute atomic E-state index is 0.0192. The first-order valence-electron chi connectivity index (χ1n) is 8.69. The Balaban J connectivity index is 1.63. The van der Waals surface area contributed by atoms with Crippen LogP contribution in [0, 0.1) is 6.92 Å². The third-order valence-corrected chi connectivity index (χ3v) is 4.38. The number of methoxy groups -OCH3 is 1. The molecule has 4 aromatic rings. The van der Waals surface area contributed by atoms with Gasteiger partial charge in [0.1, 0.15) is 17.0 Å². The highest BCUT2D eigenvalue weighted by Gasteiger charge is 2.15. The van der Waals surface area contributed by atoms with E-state index in [1.165, 1.54) is 6.07 Å². The van der Waals surface area contributed by atoms with Gasteiger partial charge >= 0.3 is 0 Å². The van der Waals surface area contributed by atoms with E-state index in [0.717, 1.165) is 5.56 Å². The van der Waals surface area contributed by atoms with Crippen LogP contribution in [-0.4, -0.2) is 23.1 Å². The van der Waals surface area contributed by atoms with Crippen LogP contribution in [0.1, 0.15) is 15.9 Å². The standard InChI is InChI=1S/C22H18N2O4/c1-13-3-10-20-18(11-13)24-22(28-20)17-12-15(6-9-19(17)25)23-21(26)14-4-7-16(27-2)8-5-14/h3-12,25H,1-2H3,(H,23,26). The Labute approximate surface area is 161 Å². The number of amides is 1. The summed E-state index contributed by atoms with van der Waals surface area (Å²) in [6.07, 6.45) is 0. The minimum atomic E-state index is -0.271. The number of carbonyl (C=O) groups is 1. The average Bonchev–Trinajstić information content (AvgIpc) is 3.12. The third-order valence-electron chi connectivity index (χ3n) is 4.38. The number of rotatable bonds is 4. The highest BCUT2D eigenvalue weighted by Crippen LogP contribution is 2.33. The van der Waals surface area contributed by atoms with Gasteiger partial charge in [0.2, 0.25) is 5.89 Å². The number of hydrogen-bond donors (Lipinski definition) is 2. The molecule has 1 heterocycles. The molecule has 6 nitrogen and oxygen atoms in total. The molecule has 28 heavy (non-hydrogen) atoms. The van der Waals surface area contributed by atoms with Crippen molar-refractivity contribution in [3.05, 3.63) is 71.8 Å². The highest BCUT2D eigenvalue weighted by atomic mass is 16.5. The molecule has 1 aromatic heterocycles. The summed E-state index contributed by atoms with van der Waals surface area (Å²) in [5, 5.41) is 13.1. The molecule has 0 aliphatic carbocycles. The summed E-state index contributed by atoms with van der Waals surface area (Å²) in [6.45, 7) is 1.97. The zero-order valence-corrected chi connectivity index (χ0v) is 15.4. The SMILES string of the molecule is COc1ccc(C(=O)Nc2ccc(O)c(-c3nc4cc(C)ccc4o3)c2)cc1. The lowest BCUT2D eigenvalue weighted by molar-refractivity contribution is 0.102. The molecule has 0 atom stereocenters.